The predicted molar refractivity (Wildman–Crippen MR) is 69.2 cm³/mol. The van der Waals surface area contributed by atoms with Crippen molar-refractivity contribution < 1.29 is 0 Å². The van der Waals surface area contributed by atoms with E-state index in [-0.39, 0.29) is 0 Å². The molecule has 0 atom stereocenters. The van der Waals surface area contributed by atoms with Crippen molar-refractivity contribution in [2.45, 2.75) is 40.5 Å². The quantitative estimate of drug-likeness (QED) is 0.482. The van der Waals surface area contributed by atoms with Crippen LogP contribution in [0.25, 0.3) is 0 Å². The Labute approximate surface area is 95.7 Å². The molecule has 14 heavy (non-hydrogen) atoms. The Kier molecular flexibility index (Phi) is 8.80. The fourth-order valence-corrected chi connectivity index (χ4v) is 1.96. The lowest BCUT2D eigenvalue weighted by Crippen LogP contribution is -2.32. The van der Waals surface area contributed by atoms with Crippen molar-refractivity contribution in [2.24, 2.45) is 11.8 Å². The summed E-state index contributed by atoms with van der Waals surface area (Å²) in [6.07, 6.45) is 2.54. The van der Waals surface area contributed by atoms with E-state index in [9.17, 15) is 0 Å². The van der Waals surface area contributed by atoms with Gasteiger partial charge in [-0.25, -0.2) is 0 Å². The average molecular weight is 217 g/mol. The van der Waals surface area contributed by atoms with Crippen LogP contribution < -0.4 is 0 Å². The van der Waals surface area contributed by atoms with E-state index < -0.39 is 0 Å². The minimum absolute atomic E-state index is 0.782. The fourth-order valence-electron chi connectivity index (χ4n) is 1.74. The van der Waals surface area contributed by atoms with Gasteiger partial charge in [-0.05, 0) is 37.0 Å². The van der Waals surface area contributed by atoms with Gasteiger partial charge in [-0.15, -0.1) is 0 Å². The van der Waals surface area contributed by atoms with Crippen molar-refractivity contribution in [1.82, 2.24) is 4.90 Å². The first-order chi connectivity index (χ1) is 6.56. The van der Waals surface area contributed by atoms with Crippen LogP contribution in [-0.2, 0) is 0 Å². The molecule has 0 fully saturated rings. The van der Waals surface area contributed by atoms with Crippen molar-refractivity contribution in [3.63, 3.8) is 0 Å². The third-order valence-corrected chi connectivity index (χ3v) is 2.45. The maximum absolute atomic E-state index is 4.24. The van der Waals surface area contributed by atoms with Gasteiger partial charge in [0.2, 0.25) is 0 Å². The molecule has 0 heterocycles. The first-order valence-corrected chi connectivity index (χ1v) is 6.52. The number of unbranched alkanes of at least 4 members (excludes halogenated alkanes) is 1. The third kappa shape index (κ3) is 8.89. The zero-order valence-corrected chi connectivity index (χ0v) is 11.2. The van der Waals surface area contributed by atoms with E-state index in [4.69, 9.17) is 0 Å². The molecule has 0 unspecified atom stereocenters. The van der Waals surface area contributed by atoms with E-state index in [1.54, 1.807) is 0 Å². The van der Waals surface area contributed by atoms with Crippen LogP contribution in [-0.4, -0.2) is 30.3 Å². The molecule has 0 aromatic heterocycles. The predicted octanol–water partition coefficient (Wildman–Crippen LogP) is 3.31. The van der Waals surface area contributed by atoms with Crippen LogP contribution in [0, 0.1) is 11.8 Å². The Morgan fingerprint density at radius 1 is 0.929 bits per heavy atom. The van der Waals surface area contributed by atoms with E-state index in [0.717, 1.165) is 17.6 Å². The molecule has 0 amide bonds. The zero-order chi connectivity index (χ0) is 11.0. The summed E-state index contributed by atoms with van der Waals surface area (Å²) < 4.78 is 0. The lowest BCUT2D eigenvalue weighted by atomic mass is 10.1. The van der Waals surface area contributed by atoms with Crippen LogP contribution in [0.1, 0.15) is 40.5 Å². The van der Waals surface area contributed by atoms with E-state index in [2.05, 4.69) is 45.2 Å². The number of nitrogens with zero attached hydrogens (tertiary/aromatic N) is 1. The minimum atomic E-state index is 0.782. The Bertz CT molecular complexity index is 113. The van der Waals surface area contributed by atoms with Gasteiger partial charge >= 0.3 is 0 Å². The largest absolute Gasteiger partial charge is 0.303 e. The SMILES string of the molecule is CC(C)CN(CCCCS)CC(C)C. The normalized spacial score (nSPS) is 12.0. The molecule has 0 saturated carbocycles. The van der Waals surface area contributed by atoms with Gasteiger partial charge < -0.3 is 4.90 Å². The highest BCUT2D eigenvalue weighted by atomic mass is 32.1. The van der Waals surface area contributed by atoms with E-state index in [1.165, 1.54) is 32.5 Å². The third-order valence-electron chi connectivity index (χ3n) is 2.13. The van der Waals surface area contributed by atoms with Crippen LogP contribution in [0.2, 0.25) is 0 Å². The van der Waals surface area contributed by atoms with Gasteiger partial charge in [0.15, 0.2) is 0 Å². The van der Waals surface area contributed by atoms with Gasteiger partial charge in [0.1, 0.15) is 0 Å². The molecular formula is C12H27NS. The summed E-state index contributed by atoms with van der Waals surface area (Å²) in [5, 5.41) is 0. The summed E-state index contributed by atoms with van der Waals surface area (Å²) in [4.78, 5) is 2.60. The summed E-state index contributed by atoms with van der Waals surface area (Å²) in [6, 6.07) is 0. The molecule has 0 radical (unpaired) electrons. The Hall–Kier alpha value is 0.310. The summed E-state index contributed by atoms with van der Waals surface area (Å²) >= 11 is 4.24. The Morgan fingerprint density at radius 3 is 1.79 bits per heavy atom. The average Bonchev–Trinajstić information content (AvgIpc) is 2.02. The fraction of sp³-hybridized carbons (Fsp3) is 1.00. The second-order valence-corrected chi connectivity index (χ2v) is 5.43. The van der Waals surface area contributed by atoms with Gasteiger partial charge in [-0.1, -0.05) is 27.7 Å². The van der Waals surface area contributed by atoms with Gasteiger partial charge in [0.05, 0.1) is 0 Å². The number of hydrogen-bond donors (Lipinski definition) is 1. The maximum Gasteiger partial charge on any atom is 0.000449 e. The summed E-state index contributed by atoms with van der Waals surface area (Å²) in [7, 11) is 0. The van der Waals surface area contributed by atoms with Crippen molar-refractivity contribution in [1.29, 1.82) is 0 Å². The number of thiol groups is 1. The Morgan fingerprint density at radius 2 is 1.43 bits per heavy atom. The highest BCUT2D eigenvalue weighted by Crippen LogP contribution is 2.05. The Balaban J connectivity index is 3.72. The smallest absolute Gasteiger partial charge is 0.000449 e. The van der Waals surface area contributed by atoms with Gasteiger partial charge in [-0.2, -0.15) is 12.6 Å². The van der Waals surface area contributed by atoms with Crippen LogP contribution in [0.5, 0.6) is 0 Å². The molecule has 0 aromatic carbocycles. The molecule has 0 bridgehead atoms. The van der Waals surface area contributed by atoms with Gasteiger partial charge in [-0.3, -0.25) is 0 Å². The van der Waals surface area contributed by atoms with E-state index in [0.29, 0.717) is 0 Å². The molecule has 0 aliphatic rings. The van der Waals surface area contributed by atoms with E-state index >= 15 is 0 Å². The topological polar surface area (TPSA) is 3.24 Å². The second kappa shape index (κ2) is 8.60. The monoisotopic (exact) mass is 217 g/mol. The molecule has 0 saturated heterocycles. The maximum atomic E-state index is 4.24. The van der Waals surface area contributed by atoms with Crippen LogP contribution in [0.3, 0.4) is 0 Å². The lowest BCUT2D eigenvalue weighted by molar-refractivity contribution is 0.217. The number of hydrogen-bond acceptors (Lipinski definition) is 2. The molecule has 0 spiro atoms. The molecule has 0 N–H and O–H groups in total. The van der Waals surface area contributed by atoms with Crippen molar-refractivity contribution in [3.8, 4) is 0 Å². The highest BCUT2D eigenvalue weighted by molar-refractivity contribution is 7.80. The van der Waals surface area contributed by atoms with Crippen molar-refractivity contribution in [2.75, 3.05) is 25.4 Å². The molecule has 2 heteroatoms. The molecule has 86 valence electrons. The zero-order valence-electron chi connectivity index (χ0n) is 10.3. The van der Waals surface area contributed by atoms with Crippen molar-refractivity contribution >= 4 is 12.6 Å². The molecule has 0 aliphatic heterocycles. The van der Waals surface area contributed by atoms with Crippen LogP contribution in [0.4, 0.5) is 0 Å². The molecule has 0 aromatic rings. The minimum Gasteiger partial charge on any atom is -0.303 e. The molecular weight excluding hydrogens is 190 g/mol. The summed E-state index contributed by atoms with van der Waals surface area (Å²) in [6.45, 7) is 12.9. The summed E-state index contributed by atoms with van der Waals surface area (Å²) in [5.41, 5.74) is 0. The lowest BCUT2D eigenvalue weighted by Gasteiger charge is -2.25. The molecule has 1 nitrogen and oxygen atoms in total. The van der Waals surface area contributed by atoms with Gasteiger partial charge in [0, 0.05) is 13.1 Å². The highest BCUT2D eigenvalue weighted by Gasteiger charge is 2.08. The standard InChI is InChI=1S/C12H27NS/c1-11(2)9-13(10-12(3)4)7-5-6-8-14/h11-12,14H,5-10H2,1-4H3. The van der Waals surface area contributed by atoms with Crippen LogP contribution in [0.15, 0.2) is 0 Å². The van der Waals surface area contributed by atoms with E-state index in [1.807, 2.05) is 0 Å². The summed E-state index contributed by atoms with van der Waals surface area (Å²) in [5.74, 6) is 2.59. The second-order valence-electron chi connectivity index (χ2n) is 4.98. The molecule has 0 rings (SSSR count). The van der Waals surface area contributed by atoms with Crippen molar-refractivity contribution in [3.05, 3.63) is 0 Å². The first-order valence-electron chi connectivity index (χ1n) is 5.89. The first kappa shape index (κ1) is 14.3. The van der Waals surface area contributed by atoms with Crippen LogP contribution >= 0.6 is 12.6 Å². The van der Waals surface area contributed by atoms with Gasteiger partial charge in [0.25, 0.3) is 0 Å². The number of rotatable bonds is 8. The molecule has 0 aliphatic carbocycles.